The number of alkyl halides is 3. The highest BCUT2D eigenvalue weighted by atomic mass is 19.4. The number of halogens is 3. The Morgan fingerprint density at radius 2 is 1.80 bits per heavy atom. The monoisotopic (exact) mass is 360 g/mol. The first-order valence-corrected chi connectivity index (χ1v) is 7.76. The third-order valence-corrected chi connectivity index (χ3v) is 4.27. The van der Waals surface area contributed by atoms with Gasteiger partial charge in [-0.3, -0.25) is 0 Å². The van der Waals surface area contributed by atoms with Gasteiger partial charge in [-0.05, 0) is 30.5 Å². The molecule has 0 aliphatic carbocycles. The van der Waals surface area contributed by atoms with E-state index >= 15 is 0 Å². The summed E-state index contributed by atoms with van der Waals surface area (Å²) in [5.41, 5.74) is -1.97. The normalized spacial score (nSPS) is 21.5. The lowest BCUT2D eigenvalue weighted by Gasteiger charge is -2.29. The van der Waals surface area contributed by atoms with E-state index < -0.39 is 36.6 Å². The first kappa shape index (κ1) is 19.0. The lowest BCUT2D eigenvalue weighted by atomic mass is 9.94. The number of hydrogen-bond donors (Lipinski definition) is 3. The first-order valence-electron chi connectivity index (χ1n) is 7.76. The van der Waals surface area contributed by atoms with Crippen molar-refractivity contribution in [1.82, 2.24) is 10.2 Å². The van der Waals surface area contributed by atoms with E-state index in [1.54, 1.807) is 12.1 Å². The van der Waals surface area contributed by atoms with Crippen LogP contribution in [0.25, 0.3) is 0 Å². The van der Waals surface area contributed by atoms with Crippen LogP contribution in [0, 0.1) is 0 Å². The molecule has 6 nitrogen and oxygen atoms in total. The fourth-order valence-electron chi connectivity index (χ4n) is 2.66. The minimum Gasteiger partial charge on any atom is -0.478 e. The van der Waals surface area contributed by atoms with E-state index in [4.69, 9.17) is 5.11 Å². The lowest BCUT2D eigenvalue weighted by Crippen LogP contribution is -2.46. The summed E-state index contributed by atoms with van der Waals surface area (Å²) in [7, 11) is 0. The van der Waals surface area contributed by atoms with Crippen LogP contribution in [0.3, 0.4) is 0 Å². The number of carboxylic acids is 1. The maximum Gasteiger partial charge on any atom is 0.417 e. The summed E-state index contributed by atoms with van der Waals surface area (Å²) >= 11 is 0. The fourth-order valence-corrected chi connectivity index (χ4v) is 2.66. The molecular weight excluding hydrogens is 341 g/mol. The molecule has 1 fully saturated rings. The third-order valence-electron chi connectivity index (χ3n) is 4.27. The Bertz CT molecular complexity index is 633. The van der Waals surface area contributed by atoms with Crippen molar-refractivity contribution in [3.8, 4) is 0 Å². The molecule has 138 valence electrons. The predicted octanol–water partition coefficient (Wildman–Crippen LogP) is 2.37. The van der Waals surface area contributed by atoms with Crippen molar-refractivity contribution in [3.63, 3.8) is 0 Å². The second-order valence-corrected chi connectivity index (χ2v) is 6.03. The van der Waals surface area contributed by atoms with Gasteiger partial charge in [0.1, 0.15) is 0 Å². The maximum atomic E-state index is 12.9. The summed E-state index contributed by atoms with van der Waals surface area (Å²) in [4.78, 5) is 24.1. The molecule has 25 heavy (non-hydrogen) atoms. The van der Waals surface area contributed by atoms with Crippen molar-refractivity contribution >= 4 is 12.0 Å². The quantitative estimate of drug-likeness (QED) is 0.772. The minimum absolute atomic E-state index is 0.0523. The number of aromatic carboxylic acids is 1. The van der Waals surface area contributed by atoms with Crippen molar-refractivity contribution < 1.29 is 33.0 Å². The second-order valence-electron chi connectivity index (χ2n) is 6.03. The molecule has 1 aliphatic heterocycles. The van der Waals surface area contributed by atoms with Crippen LogP contribution >= 0.6 is 0 Å². The highest BCUT2D eigenvalue weighted by molar-refractivity contribution is 5.87. The van der Waals surface area contributed by atoms with Gasteiger partial charge in [0.15, 0.2) is 5.60 Å². The van der Waals surface area contributed by atoms with E-state index in [2.05, 4.69) is 5.32 Å². The fraction of sp³-hybridized carbons (Fsp3) is 0.500. The zero-order valence-corrected chi connectivity index (χ0v) is 13.3. The molecule has 0 radical (unpaired) electrons. The van der Waals surface area contributed by atoms with Crippen LogP contribution < -0.4 is 5.32 Å². The van der Waals surface area contributed by atoms with Crippen molar-refractivity contribution in [3.05, 3.63) is 35.4 Å². The second kappa shape index (κ2) is 7.30. The van der Waals surface area contributed by atoms with Gasteiger partial charge in [-0.25, -0.2) is 9.59 Å². The molecular formula is C16H19F3N2O4. The van der Waals surface area contributed by atoms with Gasteiger partial charge in [0.25, 0.3) is 0 Å². The summed E-state index contributed by atoms with van der Waals surface area (Å²) in [6.45, 7) is 0.0563. The van der Waals surface area contributed by atoms with Crippen molar-refractivity contribution in [2.45, 2.75) is 37.6 Å². The minimum atomic E-state index is -4.72. The SMILES string of the molecule is O=C(O)c1ccc(CNC(=O)N2CCCC(O)(C(F)(F)F)CC2)cc1. The number of nitrogens with one attached hydrogen (secondary N) is 1. The average Bonchev–Trinajstić information content (AvgIpc) is 2.75. The summed E-state index contributed by atoms with van der Waals surface area (Å²) in [6, 6.07) is 5.38. The van der Waals surface area contributed by atoms with Crippen LogP contribution in [0.15, 0.2) is 24.3 Å². The van der Waals surface area contributed by atoms with Gasteiger partial charge in [-0.15, -0.1) is 0 Å². The molecule has 1 atom stereocenters. The van der Waals surface area contributed by atoms with Gasteiger partial charge in [0.2, 0.25) is 0 Å². The van der Waals surface area contributed by atoms with Gasteiger partial charge in [0, 0.05) is 26.1 Å². The zero-order chi connectivity index (χ0) is 18.7. The number of rotatable bonds is 3. The smallest absolute Gasteiger partial charge is 0.417 e. The molecule has 1 aromatic rings. The highest BCUT2D eigenvalue weighted by Crippen LogP contribution is 2.38. The molecule has 2 amide bonds. The molecule has 0 saturated carbocycles. The number of nitrogens with zero attached hydrogens (tertiary/aromatic N) is 1. The maximum absolute atomic E-state index is 12.9. The molecule has 1 unspecified atom stereocenters. The molecule has 1 aromatic carbocycles. The Kier molecular flexibility index (Phi) is 5.56. The molecule has 1 saturated heterocycles. The number of carboxylic acid groups (broad SMARTS) is 1. The number of amides is 2. The van der Waals surface area contributed by atoms with Gasteiger partial charge in [-0.1, -0.05) is 12.1 Å². The molecule has 1 heterocycles. The molecule has 2 rings (SSSR count). The van der Waals surface area contributed by atoms with Crippen LogP contribution in [-0.4, -0.2) is 52.0 Å². The first-order chi connectivity index (χ1) is 11.6. The number of carbonyl (C=O) groups is 2. The van der Waals surface area contributed by atoms with Crippen molar-refractivity contribution in [2.24, 2.45) is 0 Å². The van der Waals surface area contributed by atoms with Crippen molar-refractivity contribution in [1.29, 1.82) is 0 Å². The van der Waals surface area contributed by atoms with Crippen LogP contribution in [0.4, 0.5) is 18.0 Å². The Labute approximate surface area is 142 Å². The largest absolute Gasteiger partial charge is 0.478 e. The Morgan fingerprint density at radius 1 is 1.16 bits per heavy atom. The van der Waals surface area contributed by atoms with Crippen LogP contribution in [0.5, 0.6) is 0 Å². The third kappa shape index (κ3) is 4.62. The highest BCUT2D eigenvalue weighted by Gasteiger charge is 2.53. The van der Waals surface area contributed by atoms with E-state index in [1.165, 1.54) is 17.0 Å². The summed E-state index contributed by atoms with van der Waals surface area (Å²) in [5, 5.41) is 21.1. The summed E-state index contributed by atoms with van der Waals surface area (Å²) in [5.74, 6) is -1.06. The summed E-state index contributed by atoms with van der Waals surface area (Å²) in [6.07, 6.45) is -5.66. The number of aliphatic hydroxyl groups is 1. The average molecular weight is 360 g/mol. The lowest BCUT2D eigenvalue weighted by molar-refractivity contribution is -0.263. The number of hydrogen-bond acceptors (Lipinski definition) is 3. The van der Waals surface area contributed by atoms with Gasteiger partial charge >= 0.3 is 18.2 Å². The van der Waals surface area contributed by atoms with Crippen LogP contribution in [-0.2, 0) is 6.54 Å². The Morgan fingerprint density at radius 3 is 2.36 bits per heavy atom. The van der Waals surface area contributed by atoms with Crippen molar-refractivity contribution in [2.75, 3.05) is 13.1 Å². The molecule has 9 heteroatoms. The van der Waals surface area contributed by atoms with Gasteiger partial charge in [0.05, 0.1) is 5.56 Å². The molecule has 3 N–H and O–H groups in total. The number of likely N-dealkylation sites (tertiary alicyclic amines) is 1. The molecule has 0 spiro atoms. The van der Waals surface area contributed by atoms with Crippen LogP contribution in [0.2, 0.25) is 0 Å². The van der Waals surface area contributed by atoms with E-state index in [0.29, 0.717) is 5.56 Å². The van der Waals surface area contributed by atoms with E-state index in [1.807, 2.05) is 0 Å². The molecule has 1 aliphatic rings. The standard InChI is InChI=1S/C16H19F3N2O4/c17-16(18,19)15(25)6-1-8-21(9-7-15)14(24)20-10-11-2-4-12(5-3-11)13(22)23/h2-5,25H,1,6-10H2,(H,20,24)(H,22,23). The van der Waals surface area contributed by atoms with Crippen LogP contribution in [0.1, 0.15) is 35.2 Å². The topological polar surface area (TPSA) is 89.9 Å². The summed E-state index contributed by atoms with van der Waals surface area (Å²) < 4.78 is 38.6. The Balaban J connectivity index is 1.90. The van der Waals surface area contributed by atoms with E-state index in [-0.39, 0.29) is 31.6 Å². The predicted molar refractivity (Wildman–Crippen MR) is 82.1 cm³/mol. The van der Waals surface area contributed by atoms with Gasteiger partial charge < -0.3 is 20.4 Å². The Hall–Kier alpha value is -2.29. The van der Waals surface area contributed by atoms with E-state index in [0.717, 1.165) is 0 Å². The van der Waals surface area contributed by atoms with Gasteiger partial charge in [-0.2, -0.15) is 13.2 Å². The number of benzene rings is 1. The molecule has 0 aromatic heterocycles. The number of urea groups is 1. The molecule has 0 bridgehead atoms. The zero-order valence-electron chi connectivity index (χ0n) is 13.3. The van der Waals surface area contributed by atoms with E-state index in [9.17, 15) is 27.9 Å². The number of carbonyl (C=O) groups excluding carboxylic acids is 1.